The van der Waals surface area contributed by atoms with Crippen LogP contribution in [-0.4, -0.2) is 53.8 Å². The minimum Gasteiger partial charge on any atom is -0.481 e. The molecule has 0 aromatic carbocycles. The molecular formula is C16H23N5O3. The van der Waals surface area contributed by atoms with E-state index < -0.39 is 5.97 Å². The van der Waals surface area contributed by atoms with E-state index in [1.165, 1.54) is 5.56 Å². The van der Waals surface area contributed by atoms with Gasteiger partial charge in [-0.2, -0.15) is 10.2 Å². The van der Waals surface area contributed by atoms with Gasteiger partial charge < -0.3 is 10.2 Å². The first-order chi connectivity index (χ1) is 11.5. The van der Waals surface area contributed by atoms with Crippen LogP contribution in [-0.2, 0) is 37.4 Å². The van der Waals surface area contributed by atoms with Crippen molar-refractivity contribution in [2.45, 2.75) is 45.9 Å². The molecule has 24 heavy (non-hydrogen) atoms. The zero-order valence-electron chi connectivity index (χ0n) is 13.9. The van der Waals surface area contributed by atoms with Gasteiger partial charge in [0.25, 0.3) is 0 Å². The Morgan fingerprint density at radius 3 is 2.92 bits per heavy atom. The molecular weight excluding hydrogens is 310 g/mol. The molecule has 0 aliphatic carbocycles. The van der Waals surface area contributed by atoms with Crippen molar-refractivity contribution in [3.8, 4) is 0 Å². The number of hydrogen-bond acceptors (Lipinski definition) is 5. The van der Waals surface area contributed by atoms with E-state index in [1.807, 2.05) is 23.9 Å². The predicted molar refractivity (Wildman–Crippen MR) is 86.3 cm³/mol. The lowest BCUT2D eigenvalue weighted by Crippen LogP contribution is -2.33. The van der Waals surface area contributed by atoms with Crippen molar-refractivity contribution < 1.29 is 15.0 Å². The molecule has 0 atom stereocenters. The molecule has 0 unspecified atom stereocenters. The Morgan fingerprint density at radius 2 is 2.17 bits per heavy atom. The van der Waals surface area contributed by atoms with Crippen molar-refractivity contribution in [3.63, 3.8) is 0 Å². The summed E-state index contributed by atoms with van der Waals surface area (Å²) in [7, 11) is 0. The number of aliphatic carboxylic acids is 1. The normalized spacial score (nSPS) is 14.8. The maximum absolute atomic E-state index is 10.7. The molecule has 0 spiro atoms. The second-order valence-electron chi connectivity index (χ2n) is 6.18. The summed E-state index contributed by atoms with van der Waals surface area (Å²) in [6, 6.07) is 2.01. The highest BCUT2D eigenvalue weighted by atomic mass is 16.4. The summed E-state index contributed by atoms with van der Waals surface area (Å²) in [5, 5.41) is 26.7. The first-order valence-corrected chi connectivity index (χ1v) is 8.18. The van der Waals surface area contributed by atoms with Crippen molar-refractivity contribution in [3.05, 3.63) is 34.9 Å². The van der Waals surface area contributed by atoms with Gasteiger partial charge in [0.05, 0.1) is 43.2 Å². The van der Waals surface area contributed by atoms with Gasteiger partial charge in [0.1, 0.15) is 0 Å². The number of aliphatic hydroxyl groups is 1. The van der Waals surface area contributed by atoms with Gasteiger partial charge >= 0.3 is 5.97 Å². The molecule has 2 N–H and O–H groups in total. The van der Waals surface area contributed by atoms with Crippen molar-refractivity contribution in [1.29, 1.82) is 0 Å². The van der Waals surface area contributed by atoms with Gasteiger partial charge in [0.15, 0.2) is 0 Å². The third-order valence-electron chi connectivity index (χ3n) is 4.29. The number of aromatic nitrogens is 4. The summed E-state index contributed by atoms with van der Waals surface area (Å²) in [6.45, 7) is 5.91. The van der Waals surface area contributed by atoms with Crippen LogP contribution >= 0.6 is 0 Å². The van der Waals surface area contributed by atoms with E-state index in [2.05, 4.69) is 15.1 Å². The number of hydrogen-bond donors (Lipinski definition) is 2. The highest BCUT2D eigenvalue weighted by molar-refractivity contribution is 5.66. The number of nitrogens with zero attached hydrogens (tertiary/aromatic N) is 5. The Bertz CT molecular complexity index is 721. The molecule has 1 aliphatic heterocycles. The van der Waals surface area contributed by atoms with Crippen LogP contribution < -0.4 is 0 Å². The molecule has 0 radical (unpaired) electrons. The quantitative estimate of drug-likeness (QED) is 0.762. The van der Waals surface area contributed by atoms with Crippen molar-refractivity contribution in [1.82, 2.24) is 24.5 Å². The van der Waals surface area contributed by atoms with Gasteiger partial charge in [-0.3, -0.25) is 19.1 Å². The lowest BCUT2D eigenvalue weighted by atomic mass is 10.2. The van der Waals surface area contributed by atoms with Gasteiger partial charge in [-0.1, -0.05) is 0 Å². The Balaban J connectivity index is 1.63. The zero-order chi connectivity index (χ0) is 17.1. The van der Waals surface area contributed by atoms with Gasteiger partial charge in [0, 0.05) is 37.8 Å². The Labute approximate surface area is 140 Å². The van der Waals surface area contributed by atoms with E-state index >= 15 is 0 Å². The fourth-order valence-corrected chi connectivity index (χ4v) is 3.04. The molecule has 0 saturated heterocycles. The highest BCUT2D eigenvalue weighted by Crippen LogP contribution is 2.18. The van der Waals surface area contributed by atoms with Crippen LogP contribution in [0, 0.1) is 6.92 Å². The van der Waals surface area contributed by atoms with E-state index in [4.69, 9.17) is 10.2 Å². The smallest absolute Gasteiger partial charge is 0.303 e. The second kappa shape index (κ2) is 7.14. The number of fused-ring (bicyclic) bond motifs is 1. The van der Waals surface area contributed by atoms with Crippen molar-refractivity contribution in [2.24, 2.45) is 0 Å². The standard InChI is InChI=1S/C16H23N5O3/c1-12-13(10-20(17-12)6-7-22)9-19-4-5-21-15(11-19)8-14(18-21)2-3-16(23)24/h8,10,22H,2-7,9,11H2,1H3,(H,23,24). The monoisotopic (exact) mass is 333 g/mol. The topological polar surface area (TPSA) is 96.4 Å². The lowest BCUT2D eigenvalue weighted by Gasteiger charge is -2.27. The van der Waals surface area contributed by atoms with Crippen LogP contribution in [0.3, 0.4) is 0 Å². The number of aliphatic hydroxyl groups excluding tert-OH is 1. The summed E-state index contributed by atoms with van der Waals surface area (Å²) < 4.78 is 3.76. The average molecular weight is 333 g/mol. The number of carboxylic acid groups (broad SMARTS) is 1. The fourth-order valence-electron chi connectivity index (χ4n) is 3.04. The van der Waals surface area contributed by atoms with Crippen molar-refractivity contribution >= 4 is 5.97 Å². The summed E-state index contributed by atoms with van der Waals surface area (Å²) in [6.07, 6.45) is 2.58. The molecule has 1 aliphatic rings. The molecule has 2 aromatic heterocycles. The molecule has 130 valence electrons. The summed E-state index contributed by atoms with van der Waals surface area (Å²) in [5.41, 5.74) is 4.13. The van der Waals surface area contributed by atoms with Crippen LogP contribution in [0.1, 0.15) is 29.1 Å². The number of aryl methyl sites for hydroxylation is 2. The number of rotatable bonds is 7. The maximum Gasteiger partial charge on any atom is 0.303 e. The van der Waals surface area contributed by atoms with E-state index in [1.54, 1.807) is 4.68 Å². The van der Waals surface area contributed by atoms with Crippen molar-refractivity contribution in [2.75, 3.05) is 13.2 Å². The molecule has 0 amide bonds. The van der Waals surface area contributed by atoms with Crippen LogP contribution in [0.15, 0.2) is 12.3 Å². The Morgan fingerprint density at radius 1 is 1.33 bits per heavy atom. The number of carboxylic acids is 1. The van der Waals surface area contributed by atoms with Gasteiger partial charge in [-0.15, -0.1) is 0 Å². The maximum atomic E-state index is 10.7. The van der Waals surface area contributed by atoms with Crippen LogP contribution in [0.25, 0.3) is 0 Å². The third-order valence-corrected chi connectivity index (χ3v) is 4.29. The van der Waals surface area contributed by atoms with E-state index in [-0.39, 0.29) is 13.0 Å². The fraction of sp³-hybridized carbons (Fsp3) is 0.562. The third kappa shape index (κ3) is 3.82. The highest BCUT2D eigenvalue weighted by Gasteiger charge is 2.20. The molecule has 0 bridgehead atoms. The van der Waals surface area contributed by atoms with Crippen LogP contribution in [0.5, 0.6) is 0 Å². The molecule has 8 nitrogen and oxygen atoms in total. The van der Waals surface area contributed by atoms with E-state index in [0.29, 0.717) is 13.0 Å². The van der Waals surface area contributed by atoms with E-state index in [0.717, 1.165) is 43.3 Å². The minimum atomic E-state index is -0.794. The molecule has 0 fully saturated rings. The first kappa shape index (κ1) is 16.7. The van der Waals surface area contributed by atoms with Gasteiger partial charge in [0.2, 0.25) is 0 Å². The molecule has 2 aromatic rings. The Hall–Kier alpha value is -2.19. The molecule has 8 heteroatoms. The average Bonchev–Trinajstić information content (AvgIpc) is 3.09. The SMILES string of the molecule is Cc1nn(CCO)cc1CN1CCn2nc(CCC(=O)O)cc2C1. The molecule has 3 heterocycles. The zero-order valence-corrected chi connectivity index (χ0v) is 13.9. The predicted octanol–water partition coefficient (Wildman–Crippen LogP) is 0.413. The van der Waals surface area contributed by atoms with E-state index in [9.17, 15) is 4.79 Å². The summed E-state index contributed by atoms with van der Waals surface area (Å²) in [4.78, 5) is 13.0. The molecule has 3 rings (SSSR count). The summed E-state index contributed by atoms with van der Waals surface area (Å²) >= 11 is 0. The van der Waals surface area contributed by atoms with Gasteiger partial charge in [-0.25, -0.2) is 0 Å². The largest absolute Gasteiger partial charge is 0.481 e. The summed E-state index contributed by atoms with van der Waals surface area (Å²) in [5.74, 6) is -0.794. The van der Waals surface area contributed by atoms with Gasteiger partial charge in [-0.05, 0) is 13.0 Å². The molecule has 0 saturated carbocycles. The van der Waals surface area contributed by atoms with Crippen LogP contribution in [0.2, 0.25) is 0 Å². The lowest BCUT2D eigenvalue weighted by molar-refractivity contribution is -0.136. The number of carbonyl (C=O) groups is 1. The minimum absolute atomic E-state index is 0.0859. The second-order valence-corrected chi connectivity index (χ2v) is 6.18. The first-order valence-electron chi connectivity index (χ1n) is 8.18. The Kier molecular flexibility index (Phi) is 4.96. The van der Waals surface area contributed by atoms with Crippen LogP contribution in [0.4, 0.5) is 0 Å².